The summed E-state index contributed by atoms with van der Waals surface area (Å²) in [6.45, 7) is 8.13. The van der Waals surface area contributed by atoms with E-state index in [9.17, 15) is 9.59 Å². The van der Waals surface area contributed by atoms with E-state index >= 15 is 0 Å². The van der Waals surface area contributed by atoms with Gasteiger partial charge in [-0.15, -0.1) is 35.3 Å². The van der Waals surface area contributed by atoms with Crippen LogP contribution in [0.4, 0.5) is 0 Å². The molecule has 1 aromatic heterocycles. The van der Waals surface area contributed by atoms with Crippen LogP contribution in [0.2, 0.25) is 0 Å². The van der Waals surface area contributed by atoms with Crippen molar-refractivity contribution in [3.63, 3.8) is 0 Å². The van der Waals surface area contributed by atoms with Gasteiger partial charge in [0.2, 0.25) is 0 Å². The zero-order valence-corrected chi connectivity index (χ0v) is 19.9. The lowest BCUT2D eigenvalue weighted by molar-refractivity contribution is 0.0657. The highest BCUT2D eigenvalue weighted by Crippen LogP contribution is 2.21. The van der Waals surface area contributed by atoms with Gasteiger partial charge in [0.25, 0.3) is 11.8 Å². The maximum absolute atomic E-state index is 12.4. The molecule has 7 nitrogen and oxygen atoms in total. The van der Waals surface area contributed by atoms with Crippen LogP contribution in [0.3, 0.4) is 0 Å². The number of halogens is 1. The number of benzene rings is 1. The van der Waals surface area contributed by atoms with E-state index in [4.69, 9.17) is 0 Å². The van der Waals surface area contributed by atoms with E-state index < -0.39 is 0 Å². The third-order valence-corrected chi connectivity index (χ3v) is 5.24. The van der Waals surface area contributed by atoms with Crippen LogP contribution in [-0.4, -0.2) is 47.3 Å². The van der Waals surface area contributed by atoms with Crippen LogP contribution in [0.1, 0.15) is 58.1 Å². The lowest BCUT2D eigenvalue weighted by Crippen LogP contribution is -2.43. The number of fused-ring (bicyclic) bond motifs is 1. The topological polar surface area (TPSA) is 86.7 Å². The molecule has 2 amide bonds. The molecule has 0 unspecified atom stereocenters. The molecule has 0 radical (unpaired) electrons. The molecule has 2 heterocycles. The molecule has 0 saturated heterocycles. The molecule has 2 N–H and O–H groups in total. The van der Waals surface area contributed by atoms with E-state index in [1.807, 2.05) is 6.92 Å². The summed E-state index contributed by atoms with van der Waals surface area (Å²) in [5, 5.41) is 9.39. The Bertz CT molecular complexity index is 862. The Morgan fingerprint density at radius 2 is 1.83 bits per heavy atom. The molecule has 1 aromatic carbocycles. The van der Waals surface area contributed by atoms with Crippen LogP contribution in [-0.2, 0) is 6.54 Å². The summed E-state index contributed by atoms with van der Waals surface area (Å²) >= 11 is 1.60. The quantitative estimate of drug-likeness (QED) is 0.250. The van der Waals surface area contributed by atoms with E-state index in [1.54, 1.807) is 35.6 Å². The van der Waals surface area contributed by atoms with E-state index in [1.165, 1.54) is 4.90 Å². The molecule has 0 saturated carbocycles. The maximum atomic E-state index is 12.4. The van der Waals surface area contributed by atoms with Crippen molar-refractivity contribution in [1.82, 2.24) is 20.5 Å². The first kappa shape index (κ1) is 23.3. The van der Waals surface area contributed by atoms with Crippen LogP contribution in [0.5, 0.6) is 0 Å². The molecule has 1 aliphatic heterocycles. The number of nitrogens with zero attached hydrogens (tertiary/aromatic N) is 3. The lowest BCUT2D eigenvalue weighted by atomic mass is 10.1. The Hall–Kier alpha value is -2.01. The molecule has 2 aromatic rings. The lowest BCUT2D eigenvalue weighted by Gasteiger charge is -2.16. The van der Waals surface area contributed by atoms with Crippen molar-refractivity contribution in [2.45, 2.75) is 33.2 Å². The number of thiazole rings is 1. The number of hydrogen-bond donors (Lipinski definition) is 2. The molecule has 0 aliphatic carbocycles. The van der Waals surface area contributed by atoms with Crippen molar-refractivity contribution in [1.29, 1.82) is 0 Å². The fourth-order valence-electron chi connectivity index (χ4n) is 2.88. The second-order valence-electron chi connectivity index (χ2n) is 6.75. The fourth-order valence-corrected chi connectivity index (χ4v) is 3.76. The smallest absolute Gasteiger partial charge is 0.261 e. The summed E-state index contributed by atoms with van der Waals surface area (Å²) in [6, 6.07) is 6.91. The summed E-state index contributed by atoms with van der Waals surface area (Å²) in [4.78, 5) is 35.2. The van der Waals surface area contributed by atoms with Crippen LogP contribution in [0.25, 0.3) is 0 Å². The number of imide groups is 1. The number of carbonyl (C=O) groups is 2. The van der Waals surface area contributed by atoms with Crippen LogP contribution in [0.15, 0.2) is 34.6 Å². The van der Waals surface area contributed by atoms with Gasteiger partial charge in [-0.25, -0.2) is 9.98 Å². The normalized spacial score (nSPS) is 13.5. The molecule has 3 rings (SSSR count). The minimum atomic E-state index is -0.242. The van der Waals surface area contributed by atoms with Crippen LogP contribution in [0, 0.1) is 0 Å². The average molecular weight is 527 g/mol. The first-order valence-electron chi connectivity index (χ1n) is 9.43. The zero-order valence-electron chi connectivity index (χ0n) is 16.8. The zero-order chi connectivity index (χ0) is 20.1. The van der Waals surface area contributed by atoms with Crippen molar-refractivity contribution in [2.24, 2.45) is 4.99 Å². The summed E-state index contributed by atoms with van der Waals surface area (Å²) < 4.78 is 0. The molecule has 0 bridgehead atoms. The number of aromatic nitrogens is 1. The van der Waals surface area contributed by atoms with Crippen molar-refractivity contribution < 1.29 is 9.59 Å². The highest BCUT2D eigenvalue weighted by atomic mass is 127. The number of hydrogen-bond acceptors (Lipinski definition) is 5. The summed E-state index contributed by atoms with van der Waals surface area (Å²) in [5.41, 5.74) is 2.02. The molecular weight excluding hydrogens is 501 g/mol. The maximum Gasteiger partial charge on any atom is 0.261 e. The van der Waals surface area contributed by atoms with Crippen molar-refractivity contribution in [2.75, 3.05) is 19.6 Å². The van der Waals surface area contributed by atoms with Gasteiger partial charge in [0.15, 0.2) is 5.96 Å². The summed E-state index contributed by atoms with van der Waals surface area (Å²) in [7, 11) is 0. The fraction of sp³-hybridized carbons (Fsp3) is 0.400. The number of rotatable bonds is 7. The Kier molecular flexibility index (Phi) is 8.57. The predicted octanol–water partition coefficient (Wildman–Crippen LogP) is 3.24. The highest BCUT2D eigenvalue weighted by molar-refractivity contribution is 14.0. The highest BCUT2D eigenvalue weighted by Gasteiger charge is 2.34. The SMILES string of the molecule is CCNC(=NCc1nc(C(C)C)cs1)NCCN1C(=O)c2ccccc2C1=O.I. The van der Waals surface area contributed by atoms with Gasteiger partial charge < -0.3 is 10.6 Å². The van der Waals surface area contributed by atoms with Gasteiger partial charge in [-0.2, -0.15) is 0 Å². The van der Waals surface area contributed by atoms with Gasteiger partial charge in [0.05, 0.1) is 23.4 Å². The summed E-state index contributed by atoms with van der Waals surface area (Å²) in [6.07, 6.45) is 0. The third kappa shape index (κ3) is 5.53. The standard InChI is InChI=1S/C20H25N5O2S.HI/c1-4-21-20(23-11-17-24-16(12-28-17)13(2)3)22-9-10-25-18(26)14-7-5-6-8-15(14)19(25)27;/h5-8,12-13H,4,9-11H2,1-3H3,(H2,21,22,23);1H. The van der Waals surface area contributed by atoms with E-state index in [0.717, 1.165) is 10.7 Å². The number of nitrogens with one attached hydrogen (secondary N) is 2. The molecule has 0 spiro atoms. The summed E-state index contributed by atoms with van der Waals surface area (Å²) in [5.74, 6) is 0.557. The second kappa shape index (κ2) is 10.7. The number of amides is 2. The Labute approximate surface area is 192 Å². The molecule has 29 heavy (non-hydrogen) atoms. The van der Waals surface area contributed by atoms with Gasteiger partial charge in [-0.3, -0.25) is 14.5 Å². The Morgan fingerprint density at radius 1 is 1.17 bits per heavy atom. The van der Waals surface area contributed by atoms with Gasteiger partial charge in [-0.1, -0.05) is 26.0 Å². The molecular formula is C20H26IN5O2S. The van der Waals surface area contributed by atoms with Gasteiger partial charge in [-0.05, 0) is 25.0 Å². The first-order valence-corrected chi connectivity index (χ1v) is 10.3. The van der Waals surface area contributed by atoms with Crippen LogP contribution < -0.4 is 10.6 Å². The van der Waals surface area contributed by atoms with Crippen molar-refractivity contribution in [3.05, 3.63) is 51.5 Å². The van der Waals surface area contributed by atoms with Crippen LogP contribution >= 0.6 is 35.3 Å². The minimum absolute atomic E-state index is 0. The average Bonchev–Trinajstić information content (AvgIpc) is 3.26. The van der Waals surface area contributed by atoms with Gasteiger partial charge >= 0.3 is 0 Å². The Balaban J connectivity index is 0.00000300. The molecule has 9 heteroatoms. The first-order chi connectivity index (χ1) is 13.5. The van der Waals surface area contributed by atoms with Crippen molar-refractivity contribution >= 4 is 53.1 Å². The molecule has 0 atom stereocenters. The molecule has 0 fully saturated rings. The third-order valence-electron chi connectivity index (χ3n) is 4.38. The number of carbonyl (C=O) groups excluding carboxylic acids is 2. The van der Waals surface area contributed by atoms with E-state index in [-0.39, 0.29) is 42.3 Å². The minimum Gasteiger partial charge on any atom is -0.357 e. The van der Waals surface area contributed by atoms with E-state index in [0.29, 0.717) is 42.6 Å². The second-order valence-corrected chi connectivity index (χ2v) is 7.69. The van der Waals surface area contributed by atoms with E-state index in [2.05, 4.69) is 39.8 Å². The monoisotopic (exact) mass is 527 g/mol. The Morgan fingerprint density at radius 3 is 2.38 bits per heavy atom. The number of guanidine groups is 1. The molecule has 156 valence electrons. The van der Waals surface area contributed by atoms with Crippen molar-refractivity contribution in [3.8, 4) is 0 Å². The largest absolute Gasteiger partial charge is 0.357 e. The predicted molar refractivity (Wildman–Crippen MR) is 126 cm³/mol. The van der Waals surface area contributed by atoms with Gasteiger partial charge in [0, 0.05) is 25.0 Å². The van der Waals surface area contributed by atoms with Gasteiger partial charge in [0.1, 0.15) is 5.01 Å². The number of aliphatic imine (C=N–C) groups is 1. The molecule has 1 aliphatic rings.